The maximum atomic E-state index is 10.9. The first-order chi connectivity index (χ1) is 8.08. The Morgan fingerprint density at radius 3 is 2.18 bits per heavy atom. The van der Waals surface area contributed by atoms with Gasteiger partial charge in [0, 0.05) is 11.1 Å². The number of carbonyl (C=O) groups excluding carboxylic acids is 2. The van der Waals surface area contributed by atoms with Gasteiger partial charge in [-0.25, -0.2) is 4.98 Å². The standard InChI is InChI=1S/C11H9N3O2S/c12-9(15)6-1-3-7(4-2-6)11-14-5-8(17-11)10(13)16/h1-5H,(H2,12,15)(H2,13,16). The van der Waals surface area contributed by atoms with E-state index in [4.69, 9.17) is 11.5 Å². The van der Waals surface area contributed by atoms with Crippen molar-refractivity contribution in [2.45, 2.75) is 0 Å². The van der Waals surface area contributed by atoms with E-state index < -0.39 is 11.8 Å². The van der Waals surface area contributed by atoms with E-state index in [2.05, 4.69) is 4.98 Å². The summed E-state index contributed by atoms with van der Waals surface area (Å²) in [7, 11) is 0. The summed E-state index contributed by atoms with van der Waals surface area (Å²) in [4.78, 5) is 26.3. The fourth-order valence-electron chi connectivity index (χ4n) is 1.30. The topological polar surface area (TPSA) is 99.1 Å². The molecule has 0 aliphatic rings. The number of hydrogen-bond donors (Lipinski definition) is 2. The summed E-state index contributed by atoms with van der Waals surface area (Å²) in [6, 6.07) is 6.68. The van der Waals surface area contributed by atoms with Crippen LogP contribution in [0.5, 0.6) is 0 Å². The largest absolute Gasteiger partial charge is 0.366 e. The summed E-state index contributed by atoms with van der Waals surface area (Å²) in [5.41, 5.74) is 11.5. The number of thiazole rings is 1. The van der Waals surface area contributed by atoms with E-state index in [1.54, 1.807) is 24.3 Å². The molecule has 0 aliphatic heterocycles. The van der Waals surface area contributed by atoms with Crippen LogP contribution >= 0.6 is 11.3 Å². The molecule has 0 radical (unpaired) electrons. The number of nitrogens with zero attached hydrogens (tertiary/aromatic N) is 1. The van der Waals surface area contributed by atoms with Crippen molar-refractivity contribution in [3.63, 3.8) is 0 Å². The van der Waals surface area contributed by atoms with Gasteiger partial charge in [0.25, 0.3) is 5.91 Å². The van der Waals surface area contributed by atoms with Gasteiger partial charge in [0.15, 0.2) is 0 Å². The molecule has 5 nitrogen and oxygen atoms in total. The Labute approximate surface area is 101 Å². The van der Waals surface area contributed by atoms with Crippen LogP contribution in [0, 0.1) is 0 Å². The van der Waals surface area contributed by atoms with Crippen LogP contribution in [0.4, 0.5) is 0 Å². The molecule has 0 aliphatic carbocycles. The lowest BCUT2D eigenvalue weighted by atomic mass is 10.1. The van der Waals surface area contributed by atoms with E-state index in [0.29, 0.717) is 15.4 Å². The zero-order valence-corrected chi connectivity index (χ0v) is 9.53. The van der Waals surface area contributed by atoms with Crippen LogP contribution in [0.25, 0.3) is 10.6 Å². The number of hydrogen-bond acceptors (Lipinski definition) is 4. The second-order valence-corrected chi connectivity index (χ2v) is 4.37. The Morgan fingerprint density at radius 2 is 1.71 bits per heavy atom. The number of amides is 2. The lowest BCUT2D eigenvalue weighted by Crippen LogP contribution is -2.10. The summed E-state index contributed by atoms with van der Waals surface area (Å²) in [5.74, 6) is -0.976. The van der Waals surface area contributed by atoms with E-state index >= 15 is 0 Å². The summed E-state index contributed by atoms with van der Waals surface area (Å²) >= 11 is 1.21. The van der Waals surface area contributed by atoms with Crippen molar-refractivity contribution in [3.8, 4) is 10.6 Å². The molecule has 0 fully saturated rings. The number of primary amides is 2. The molecular weight excluding hydrogens is 238 g/mol. The van der Waals surface area contributed by atoms with Crippen LogP contribution in [0.1, 0.15) is 20.0 Å². The lowest BCUT2D eigenvalue weighted by Gasteiger charge is -1.97. The summed E-state index contributed by atoms with van der Waals surface area (Å²) in [6.45, 7) is 0. The molecule has 17 heavy (non-hydrogen) atoms. The van der Waals surface area contributed by atoms with Gasteiger partial charge in [-0.2, -0.15) is 0 Å². The van der Waals surface area contributed by atoms with Gasteiger partial charge in [-0.15, -0.1) is 11.3 Å². The third-order valence-electron chi connectivity index (χ3n) is 2.16. The van der Waals surface area contributed by atoms with E-state index in [9.17, 15) is 9.59 Å². The predicted molar refractivity (Wildman–Crippen MR) is 64.6 cm³/mol. The average molecular weight is 247 g/mol. The molecule has 2 amide bonds. The van der Waals surface area contributed by atoms with E-state index in [1.807, 2.05) is 0 Å². The summed E-state index contributed by atoms with van der Waals surface area (Å²) in [5, 5.41) is 0.676. The highest BCUT2D eigenvalue weighted by Crippen LogP contribution is 2.24. The Morgan fingerprint density at radius 1 is 1.06 bits per heavy atom. The summed E-state index contributed by atoms with van der Waals surface area (Å²) < 4.78 is 0. The van der Waals surface area contributed by atoms with Crippen LogP contribution in [0.3, 0.4) is 0 Å². The van der Waals surface area contributed by atoms with Gasteiger partial charge in [0.1, 0.15) is 9.88 Å². The molecule has 2 aromatic rings. The van der Waals surface area contributed by atoms with Crippen molar-refractivity contribution in [3.05, 3.63) is 40.9 Å². The first-order valence-electron chi connectivity index (χ1n) is 4.74. The van der Waals surface area contributed by atoms with Crippen molar-refractivity contribution >= 4 is 23.2 Å². The Hall–Kier alpha value is -2.21. The molecule has 0 spiro atoms. The van der Waals surface area contributed by atoms with Gasteiger partial charge in [-0.05, 0) is 12.1 Å². The first-order valence-corrected chi connectivity index (χ1v) is 5.55. The van der Waals surface area contributed by atoms with Crippen LogP contribution in [0.2, 0.25) is 0 Å². The first kappa shape index (κ1) is 11.3. The Kier molecular flexibility index (Phi) is 2.88. The van der Waals surface area contributed by atoms with E-state index in [1.165, 1.54) is 17.5 Å². The fourth-order valence-corrected chi connectivity index (χ4v) is 2.07. The lowest BCUT2D eigenvalue weighted by molar-refractivity contribution is 0.0993. The Balaban J connectivity index is 2.33. The van der Waals surface area contributed by atoms with Crippen LogP contribution in [-0.2, 0) is 0 Å². The molecule has 2 rings (SSSR count). The fraction of sp³-hybridized carbons (Fsp3) is 0. The van der Waals surface area contributed by atoms with Gasteiger partial charge < -0.3 is 11.5 Å². The van der Waals surface area contributed by atoms with Crippen molar-refractivity contribution in [1.29, 1.82) is 0 Å². The number of rotatable bonds is 3. The molecule has 4 N–H and O–H groups in total. The molecule has 86 valence electrons. The second kappa shape index (κ2) is 4.34. The second-order valence-electron chi connectivity index (χ2n) is 3.34. The summed E-state index contributed by atoms with van der Waals surface area (Å²) in [6.07, 6.45) is 1.43. The molecule has 1 aromatic carbocycles. The molecule has 1 heterocycles. The van der Waals surface area contributed by atoms with Crippen molar-refractivity contribution in [2.75, 3.05) is 0 Å². The van der Waals surface area contributed by atoms with E-state index in [-0.39, 0.29) is 0 Å². The normalized spacial score (nSPS) is 10.1. The molecular formula is C11H9N3O2S. The van der Waals surface area contributed by atoms with Crippen LogP contribution < -0.4 is 11.5 Å². The van der Waals surface area contributed by atoms with Crippen molar-refractivity contribution < 1.29 is 9.59 Å². The smallest absolute Gasteiger partial charge is 0.260 e. The quantitative estimate of drug-likeness (QED) is 0.846. The number of aromatic nitrogens is 1. The number of benzene rings is 1. The van der Waals surface area contributed by atoms with Crippen molar-refractivity contribution in [2.24, 2.45) is 11.5 Å². The molecule has 1 aromatic heterocycles. The minimum atomic E-state index is -0.498. The molecule has 0 bridgehead atoms. The maximum Gasteiger partial charge on any atom is 0.260 e. The SMILES string of the molecule is NC(=O)c1ccc(-c2ncc(C(N)=O)s2)cc1. The highest BCUT2D eigenvalue weighted by atomic mass is 32.1. The van der Waals surface area contributed by atoms with Gasteiger partial charge in [0.2, 0.25) is 5.91 Å². The monoisotopic (exact) mass is 247 g/mol. The minimum absolute atomic E-state index is 0.402. The third kappa shape index (κ3) is 2.31. The highest BCUT2D eigenvalue weighted by molar-refractivity contribution is 7.16. The van der Waals surface area contributed by atoms with Gasteiger partial charge in [0.05, 0.1) is 6.20 Å². The van der Waals surface area contributed by atoms with E-state index in [0.717, 1.165) is 5.56 Å². The number of carbonyl (C=O) groups is 2. The van der Waals surface area contributed by atoms with Crippen molar-refractivity contribution in [1.82, 2.24) is 4.98 Å². The third-order valence-corrected chi connectivity index (χ3v) is 3.23. The highest BCUT2D eigenvalue weighted by Gasteiger charge is 2.09. The van der Waals surface area contributed by atoms with Gasteiger partial charge in [-0.1, -0.05) is 12.1 Å². The van der Waals surface area contributed by atoms with Crippen LogP contribution in [-0.4, -0.2) is 16.8 Å². The van der Waals surface area contributed by atoms with Crippen LogP contribution in [0.15, 0.2) is 30.5 Å². The van der Waals surface area contributed by atoms with Gasteiger partial charge in [-0.3, -0.25) is 9.59 Å². The average Bonchev–Trinajstić information content (AvgIpc) is 2.78. The predicted octanol–water partition coefficient (Wildman–Crippen LogP) is 1.01. The molecule has 0 unspecified atom stereocenters. The zero-order chi connectivity index (χ0) is 12.4. The molecule has 0 atom stereocenters. The zero-order valence-electron chi connectivity index (χ0n) is 8.71. The minimum Gasteiger partial charge on any atom is -0.366 e. The van der Waals surface area contributed by atoms with Gasteiger partial charge >= 0.3 is 0 Å². The molecule has 0 saturated carbocycles. The molecule has 6 heteroatoms. The maximum absolute atomic E-state index is 10.9. The number of nitrogens with two attached hydrogens (primary N) is 2. The Bertz CT molecular complexity index is 575. The molecule has 0 saturated heterocycles.